The lowest BCUT2D eigenvalue weighted by Gasteiger charge is -2.11. The van der Waals surface area contributed by atoms with Crippen molar-refractivity contribution in [2.75, 3.05) is 21.9 Å². The molecule has 1 aliphatic rings. The average molecular weight is 360 g/mol. The standard InChI is InChI=1S/C17H20N4O3S/c1-11(2)9-18-16-6-3-13(10-19-16)21-25(23,24)14-4-5-15-12(7-14)8-17(22)20-15/h3-7,10-11,21H,8-9H2,1-2H3,(H,18,19)(H,20,22). The lowest BCUT2D eigenvalue weighted by Crippen LogP contribution is -2.14. The van der Waals surface area contributed by atoms with Gasteiger partial charge >= 0.3 is 0 Å². The molecule has 3 N–H and O–H groups in total. The number of hydrogen-bond donors (Lipinski definition) is 3. The summed E-state index contributed by atoms with van der Waals surface area (Å²) in [6.07, 6.45) is 1.66. The number of nitrogens with one attached hydrogen (secondary N) is 3. The minimum absolute atomic E-state index is 0.116. The lowest BCUT2D eigenvalue weighted by atomic mass is 10.2. The van der Waals surface area contributed by atoms with Crippen LogP contribution in [0.1, 0.15) is 19.4 Å². The van der Waals surface area contributed by atoms with E-state index in [-0.39, 0.29) is 17.2 Å². The number of hydrogen-bond acceptors (Lipinski definition) is 5. The van der Waals surface area contributed by atoms with E-state index in [0.29, 0.717) is 28.7 Å². The average Bonchev–Trinajstić information content (AvgIpc) is 2.93. The molecule has 0 bridgehead atoms. The quantitative estimate of drug-likeness (QED) is 0.735. The van der Waals surface area contributed by atoms with Gasteiger partial charge in [-0.05, 0) is 41.8 Å². The number of carbonyl (C=O) groups excluding carboxylic acids is 1. The van der Waals surface area contributed by atoms with Gasteiger partial charge in [0.05, 0.1) is 23.2 Å². The number of rotatable bonds is 6. The van der Waals surface area contributed by atoms with E-state index < -0.39 is 10.0 Å². The molecule has 2 aromatic rings. The number of aromatic nitrogens is 1. The molecule has 3 rings (SSSR count). The van der Waals surface area contributed by atoms with Crippen molar-refractivity contribution >= 4 is 33.1 Å². The third kappa shape index (κ3) is 4.08. The van der Waals surface area contributed by atoms with Gasteiger partial charge in [-0.1, -0.05) is 13.8 Å². The highest BCUT2D eigenvalue weighted by molar-refractivity contribution is 7.92. The van der Waals surface area contributed by atoms with Crippen LogP contribution in [0.25, 0.3) is 0 Å². The fourth-order valence-corrected chi connectivity index (χ4v) is 3.55. The van der Waals surface area contributed by atoms with Crippen LogP contribution in [0.15, 0.2) is 41.4 Å². The molecule has 1 aromatic carbocycles. The van der Waals surface area contributed by atoms with Gasteiger partial charge in [0.1, 0.15) is 5.82 Å². The van der Waals surface area contributed by atoms with Crippen LogP contribution < -0.4 is 15.4 Å². The number of anilines is 3. The summed E-state index contributed by atoms with van der Waals surface area (Å²) in [6.45, 7) is 4.98. The molecule has 1 aromatic heterocycles. The Morgan fingerprint density at radius 3 is 2.72 bits per heavy atom. The zero-order valence-electron chi connectivity index (χ0n) is 14.0. The van der Waals surface area contributed by atoms with E-state index in [0.717, 1.165) is 6.54 Å². The van der Waals surface area contributed by atoms with Gasteiger partial charge in [0, 0.05) is 12.2 Å². The van der Waals surface area contributed by atoms with Gasteiger partial charge in [-0.2, -0.15) is 0 Å². The molecule has 0 unspecified atom stereocenters. The van der Waals surface area contributed by atoms with Crippen molar-refractivity contribution in [1.82, 2.24) is 4.98 Å². The normalized spacial score (nSPS) is 13.5. The van der Waals surface area contributed by atoms with E-state index in [1.807, 2.05) is 0 Å². The molecule has 0 atom stereocenters. The van der Waals surface area contributed by atoms with Gasteiger partial charge in [-0.15, -0.1) is 0 Å². The van der Waals surface area contributed by atoms with Crippen molar-refractivity contribution in [1.29, 1.82) is 0 Å². The highest BCUT2D eigenvalue weighted by Gasteiger charge is 2.22. The maximum absolute atomic E-state index is 12.5. The molecule has 1 aliphatic heterocycles. The molecule has 0 aliphatic carbocycles. The van der Waals surface area contributed by atoms with Crippen molar-refractivity contribution < 1.29 is 13.2 Å². The molecule has 2 heterocycles. The summed E-state index contributed by atoms with van der Waals surface area (Å²) in [5, 5.41) is 5.85. The topological polar surface area (TPSA) is 100 Å². The predicted molar refractivity (Wildman–Crippen MR) is 97.1 cm³/mol. The Kier molecular flexibility index (Phi) is 4.63. The summed E-state index contributed by atoms with van der Waals surface area (Å²) in [4.78, 5) is 15.7. The number of carbonyl (C=O) groups is 1. The summed E-state index contributed by atoms with van der Waals surface area (Å²) < 4.78 is 27.6. The Bertz CT molecular complexity index is 893. The van der Waals surface area contributed by atoms with Gasteiger partial charge < -0.3 is 10.6 Å². The highest BCUT2D eigenvalue weighted by Crippen LogP contribution is 2.26. The van der Waals surface area contributed by atoms with Gasteiger partial charge in [0.15, 0.2) is 0 Å². The second-order valence-corrected chi connectivity index (χ2v) is 8.04. The minimum atomic E-state index is -3.74. The smallest absolute Gasteiger partial charge is 0.261 e. The molecular weight excluding hydrogens is 340 g/mol. The maximum Gasteiger partial charge on any atom is 0.261 e. The molecule has 0 saturated carbocycles. The molecule has 7 nitrogen and oxygen atoms in total. The third-order valence-electron chi connectivity index (χ3n) is 3.72. The number of amides is 1. The van der Waals surface area contributed by atoms with Crippen LogP contribution in [0.2, 0.25) is 0 Å². The van der Waals surface area contributed by atoms with Gasteiger partial charge in [0.25, 0.3) is 10.0 Å². The molecule has 25 heavy (non-hydrogen) atoms. The van der Waals surface area contributed by atoms with E-state index in [2.05, 4.69) is 34.2 Å². The maximum atomic E-state index is 12.5. The van der Waals surface area contributed by atoms with Crippen molar-refractivity contribution in [2.45, 2.75) is 25.2 Å². The molecule has 0 radical (unpaired) electrons. The lowest BCUT2D eigenvalue weighted by molar-refractivity contribution is -0.115. The first-order chi connectivity index (χ1) is 11.8. The van der Waals surface area contributed by atoms with Crippen LogP contribution in [0.4, 0.5) is 17.2 Å². The van der Waals surface area contributed by atoms with Crippen LogP contribution in [-0.4, -0.2) is 25.9 Å². The molecule has 132 valence electrons. The molecule has 1 amide bonds. The van der Waals surface area contributed by atoms with Gasteiger partial charge in [-0.25, -0.2) is 13.4 Å². The largest absolute Gasteiger partial charge is 0.370 e. The number of fused-ring (bicyclic) bond motifs is 1. The van der Waals surface area contributed by atoms with E-state index in [1.54, 1.807) is 18.2 Å². The summed E-state index contributed by atoms with van der Waals surface area (Å²) in [5.74, 6) is 1.05. The SMILES string of the molecule is CC(C)CNc1ccc(NS(=O)(=O)c2ccc3c(c2)CC(=O)N3)cn1. The number of sulfonamides is 1. The Balaban J connectivity index is 1.73. The fraction of sp³-hybridized carbons (Fsp3) is 0.294. The van der Waals surface area contributed by atoms with Crippen LogP contribution in [0.5, 0.6) is 0 Å². The Morgan fingerprint density at radius 2 is 2.04 bits per heavy atom. The van der Waals surface area contributed by atoms with Gasteiger partial charge in [-0.3, -0.25) is 9.52 Å². The van der Waals surface area contributed by atoms with Crippen LogP contribution in [0, 0.1) is 5.92 Å². The molecule has 0 spiro atoms. The highest BCUT2D eigenvalue weighted by atomic mass is 32.2. The number of nitrogens with zero attached hydrogens (tertiary/aromatic N) is 1. The second-order valence-electron chi connectivity index (χ2n) is 6.36. The first-order valence-electron chi connectivity index (χ1n) is 7.99. The summed E-state index contributed by atoms with van der Waals surface area (Å²) >= 11 is 0. The summed E-state index contributed by atoms with van der Waals surface area (Å²) in [7, 11) is -3.74. The molecular formula is C17H20N4O3S. The minimum Gasteiger partial charge on any atom is -0.370 e. The Hall–Kier alpha value is -2.61. The monoisotopic (exact) mass is 360 g/mol. The Labute approximate surface area is 146 Å². The first kappa shape index (κ1) is 17.2. The van der Waals surface area contributed by atoms with E-state index in [4.69, 9.17) is 0 Å². The van der Waals surface area contributed by atoms with Crippen molar-refractivity contribution in [2.24, 2.45) is 5.92 Å². The molecule has 0 saturated heterocycles. The van der Waals surface area contributed by atoms with Crippen molar-refractivity contribution in [3.63, 3.8) is 0 Å². The number of benzene rings is 1. The zero-order chi connectivity index (χ0) is 18.0. The Morgan fingerprint density at radius 1 is 1.24 bits per heavy atom. The van der Waals surface area contributed by atoms with Crippen molar-refractivity contribution in [3.05, 3.63) is 42.1 Å². The van der Waals surface area contributed by atoms with Crippen LogP contribution in [-0.2, 0) is 21.2 Å². The summed E-state index contributed by atoms with van der Waals surface area (Å²) in [6, 6.07) is 7.98. The van der Waals surface area contributed by atoms with Crippen LogP contribution in [0.3, 0.4) is 0 Å². The first-order valence-corrected chi connectivity index (χ1v) is 9.47. The summed E-state index contributed by atoms with van der Waals surface area (Å²) in [5.41, 5.74) is 1.72. The second kappa shape index (κ2) is 6.72. The van der Waals surface area contributed by atoms with E-state index in [1.165, 1.54) is 18.3 Å². The van der Waals surface area contributed by atoms with E-state index >= 15 is 0 Å². The number of pyridine rings is 1. The zero-order valence-corrected chi connectivity index (χ0v) is 14.9. The fourth-order valence-electron chi connectivity index (χ4n) is 2.45. The van der Waals surface area contributed by atoms with Crippen LogP contribution >= 0.6 is 0 Å². The molecule has 8 heteroatoms. The third-order valence-corrected chi connectivity index (χ3v) is 5.10. The van der Waals surface area contributed by atoms with Gasteiger partial charge in [0.2, 0.25) is 5.91 Å². The molecule has 0 fully saturated rings. The van der Waals surface area contributed by atoms with E-state index in [9.17, 15) is 13.2 Å². The predicted octanol–water partition coefficient (Wildman–Crippen LogP) is 2.44. The van der Waals surface area contributed by atoms with Crippen molar-refractivity contribution in [3.8, 4) is 0 Å².